The van der Waals surface area contributed by atoms with E-state index in [1.165, 1.54) is 122 Å². The van der Waals surface area contributed by atoms with Crippen molar-refractivity contribution in [2.75, 3.05) is 40.9 Å². The van der Waals surface area contributed by atoms with Crippen molar-refractivity contribution in [1.29, 1.82) is 0 Å². The minimum atomic E-state index is -4.65. The topological polar surface area (TPSA) is 119 Å². The molecule has 0 rings (SSSR count). The number of esters is 1. The van der Waals surface area contributed by atoms with Gasteiger partial charge in [-0.05, 0) is 12.8 Å². The van der Waals surface area contributed by atoms with Gasteiger partial charge in [0.2, 0.25) is 0 Å². The fraction of sp³-hybridized carbons (Fsp3) is 0.950. The summed E-state index contributed by atoms with van der Waals surface area (Å²) in [5.41, 5.74) is 0. The minimum absolute atomic E-state index is 0.211. The first-order chi connectivity index (χ1) is 23.9. The first-order valence-corrected chi connectivity index (χ1v) is 22.2. The molecule has 0 amide bonds. The van der Waals surface area contributed by atoms with E-state index >= 15 is 0 Å². The van der Waals surface area contributed by atoms with Crippen molar-refractivity contribution in [2.45, 2.75) is 206 Å². The van der Waals surface area contributed by atoms with Crippen molar-refractivity contribution in [3.05, 3.63) is 0 Å². The van der Waals surface area contributed by atoms with Crippen LogP contribution in [0.5, 0.6) is 0 Å². The van der Waals surface area contributed by atoms with E-state index in [1.54, 1.807) is 0 Å². The average Bonchev–Trinajstić information content (AvgIpc) is 3.06. The molecule has 0 radical (unpaired) electrons. The molecule has 0 bridgehead atoms. The van der Waals surface area contributed by atoms with Gasteiger partial charge in [0, 0.05) is 12.8 Å². The molecule has 298 valence electrons. The second-order valence-electron chi connectivity index (χ2n) is 15.6. The summed E-state index contributed by atoms with van der Waals surface area (Å²) in [6, 6.07) is 0. The lowest BCUT2D eigenvalue weighted by Crippen LogP contribution is -2.45. The lowest BCUT2D eigenvalue weighted by Gasteiger charge is -2.29. The Morgan fingerprint density at radius 3 is 1.32 bits per heavy atom. The smallest absolute Gasteiger partial charge is 0.457 e. The van der Waals surface area contributed by atoms with Crippen LogP contribution < -0.4 is 0 Å². The molecule has 2 unspecified atom stereocenters. The number of ether oxygens (including phenoxy) is 1. The number of aliphatic hydroxyl groups excluding tert-OH is 1. The van der Waals surface area contributed by atoms with Gasteiger partial charge in [-0.25, -0.2) is 4.57 Å². The van der Waals surface area contributed by atoms with Crippen LogP contribution in [0.3, 0.4) is 0 Å². The van der Waals surface area contributed by atoms with Crippen molar-refractivity contribution in [1.82, 2.24) is 0 Å². The summed E-state index contributed by atoms with van der Waals surface area (Å²) in [5, 5.41) is 9.70. The van der Waals surface area contributed by atoms with Crippen LogP contribution in [0, 0.1) is 0 Å². The van der Waals surface area contributed by atoms with Crippen molar-refractivity contribution in [2.24, 2.45) is 0 Å². The van der Waals surface area contributed by atoms with Crippen LogP contribution in [0.25, 0.3) is 0 Å². The van der Waals surface area contributed by atoms with E-state index in [0.717, 1.165) is 32.1 Å². The van der Waals surface area contributed by atoms with Crippen LogP contribution >= 0.6 is 7.82 Å². The molecular formula is C40H81NO8P+. The Morgan fingerprint density at radius 1 is 0.600 bits per heavy atom. The highest BCUT2D eigenvalue weighted by atomic mass is 31.2. The maximum atomic E-state index is 13.0. The summed E-state index contributed by atoms with van der Waals surface area (Å²) in [5.74, 6) is -0.693. The van der Waals surface area contributed by atoms with Crippen LogP contribution in [-0.4, -0.2) is 79.3 Å². The zero-order valence-electron chi connectivity index (χ0n) is 33.3. The number of likely N-dealkylation sites (N-methyl/N-ethyl adjacent to an activating group) is 1. The minimum Gasteiger partial charge on any atom is -0.457 e. The van der Waals surface area contributed by atoms with E-state index in [0.29, 0.717) is 17.3 Å². The van der Waals surface area contributed by atoms with Gasteiger partial charge in [0.1, 0.15) is 12.6 Å². The van der Waals surface area contributed by atoms with Gasteiger partial charge in [-0.15, -0.1) is 0 Å². The Morgan fingerprint density at radius 2 is 0.960 bits per heavy atom. The highest BCUT2D eigenvalue weighted by molar-refractivity contribution is 7.47. The van der Waals surface area contributed by atoms with Crippen LogP contribution in [-0.2, 0) is 27.9 Å². The third-order valence-electron chi connectivity index (χ3n) is 9.27. The summed E-state index contributed by atoms with van der Waals surface area (Å²) in [7, 11) is 0.998. The molecule has 0 heterocycles. The average molecular weight is 735 g/mol. The first-order valence-electron chi connectivity index (χ1n) is 20.7. The Labute approximate surface area is 308 Å². The lowest BCUT2D eigenvalue weighted by atomic mass is 10.0. The third-order valence-corrected chi connectivity index (χ3v) is 10.3. The highest BCUT2D eigenvalue weighted by Crippen LogP contribution is 2.45. The van der Waals surface area contributed by atoms with E-state index < -0.39 is 39.2 Å². The predicted molar refractivity (Wildman–Crippen MR) is 206 cm³/mol. The van der Waals surface area contributed by atoms with Gasteiger partial charge in [0.25, 0.3) is 0 Å². The third kappa shape index (κ3) is 33.0. The Bertz CT molecular complexity index is 850. The van der Waals surface area contributed by atoms with Gasteiger partial charge in [0.05, 0.1) is 34.4 Å². The van der Waals surface area contributed by atoms with Crippen molar-refractivity contribution < 1.29 is 42.4 Å². The number of hydrogen-bond acceptors (Lipinski definition) is 7. The number of quaternary nitrogens is 1. The predicted octanol–water partition coefficient (Wildman–Crippen LogP) is 10.6. The first kappa shape index (κ1) is 49.2. The van der Waals surface area contributed by atoms with Crippen molar-refractivity contribution in [3.8, 4) is 0 Å². The van der Waals surface area contributed by atoms with Crippen LogP contribution in [0.4, 0.5) is 0 Å². The van der Waals surface area contributed by atoms with Gasteiger partial charge in [-0.3, -0.25) is 18.6 Å². The van der Waals surface area contributed by atoms with E-state index in [9.17, 15) is 24.2 Å². The summed E-state index contributed by atoms with van der Waals surface area (Å²) in [4.78, 5) is 35.8. The number of phosphoric ester groups is 1. The second kappa shape index (κ2) is 32.8. The molecule has 0 aliphatic heterocycles. The molecule has 9 nitrogen and oxygen atoms in total. The number of ketones is 1. The van der Waals surface area contributed by atoms with Crippen molar-refractivity contribution >= 4 is 19.6 Å². The molecular weight excluding hydrogens is 653 g/mol. The van der Waals surface area contributed by atoms with Gasteiger partial charge >= 0.3 is 13.8 Å². The van der Waals surface area contributed by atoms with Gasteiger partial charge in [-0.2, -0.15) is 0 Å². The zero-order chi connectivity index (χ0) is 37.4. The van der Waals surface area contributed by atoms with Crippen LogP contribution in [0.2, 0.25) is 0 Å². The molecule has 0 saturated carbocycles. The van der Waals surface area contributed by atoms with Gasteiger partial charge in [0.15, 0.2) is 11.9 Å². The lowest BCUT2D eigenvalue weighted by molar-refractivity contribution is -0.872. The largest absolute Gasteiger partial charge is 0.473 e. The standard InChI is InChI=1S/C40H80NO8P/c1-6-8-10-12-14-16-18-19-20-21-23-25-27-29-31-33-40(44)48-37(35-42)36-47-50(45,46)49-39(34-41(3,4)5)38(43)32-30-28-26-24-22-17-15-13-11-9-7-2/h37,39,42H,6-36H2,1-5H3/p+1/t37-,39?/m1/s1. The molecule has 0 fully saturated rings. The molecule has 3 atom stereocenters. The number of unbranched alkanes of at least 4 members (excludes halogenated alkanes) is 24. The Balaban J connectivity index is 4.27. The number of aliphatic hydroxyl groups is 1. The molecule has 2 N–H and O–H groups in total. The monoisotopic (exact) mass is 735 g/mol. The molecule has 0 spiro atoms. The Kier molecular flexibility index (Phi) is 32.2. The van der Waals surface area contributed by atoms with E-state index in [4.69, 9.17) is 13.8 Å². The fourth-order valence-electron chi connectivity index (χ4n) is 6.19. The number of Topliss-reactive ketones (excluding diaryl/α,β-unsaturated/α-hetero) is 1. The number of carbonyl (C=O) groups excluding carboxylic acids is 2. The number of phosphoric acid groups is 1. The molecule has 0 saturated heterocycles. The van der Waals surface area contributed by atoms with Gasteiger partial charge < -0.3 is 19.2 Å². The quantitative estimate of drug-likeness (QED) is 0.0278. The summed E-state index contributed by atoms with van der Waals surface area (Å²) >= 11 is 0. The van der Waals surface area contributed by atoms with Crippen LogP contribution in [0.15, 0.2) is 0 Å². The van der Waals surface area contributed by atoms with E-state index in [1.807, 2.05) is 21.1 Å². The number of hydrogen-bond donors (Lipinski definition) is 2. The SMILES string of the molecule is CCCCCCCCCCCCCCCCCC(=O)O[C@H](CO)COP(=O)(O)OC(C[N+](C)(C)C)C(=O)CCCCCCCCCCCCC. The molecule has 0 aromatic carbocycles. The highest BCUT2D eigenvalue weighted by Gasteiger charge is 2.35. The van der Waals surface area contributed by atoms with Crippen molar-refractivity contribution in [3.63, 3.8) is 0 Å². The summed E-state index contributed by atoms with van der Waals surface area (Å²) in [6.45, 7) is 3.64. The zero-order valence-corrected chi connectivity index (χ0v) is 34.2. The maximum absolute atomic E-state index is 13.0. The molecule has 0 aliphatic rings. The van der Waals surface area contributed by atoms with Gasteiger partial charge in [-0.1, -0.05) is 168 Å². The molecule has 10 heteroatoms. The Hall–Kier alpha value is -0.830. The molecule has 0 aliphatic carbocycles. The second-order valence-corrected chi connectivity index (χ2v) is 17.0. The number of carbonyl (C=O) groups is 2. The molecule has 0 aromatic heterocycles. The summed E-state index contributed by atoms with van der Waals surface area (Å²) in [6.07, 6.45) is 29.8. The molecule has 50 heavy (non-hydrogen) atoms. The van der Waals surface area contributed by atoms with E-state index in [2.05, 4.69) is 13.8 Å². The maximum Gasteiger partial charge on any atom is 0.473 e. The molecule has 0 aromatic rings. The fourth-order valence-corrected chi connectivity index (χ4v) is 7.12. The summed E-state index contributed by atoms with van der Waals surface area (Å²) < 4.78 is 29.0. The number of nitrogens with zero attached hydrogens (tertiary/aromatic N) is 1. The number of rotatable bonds is 38. The van der Waals surface area contributed by atoms with E-state index in [-0.39, 0.29) is 25.2 Å². The van der Waals surface area contributed by atoms with Crippen LogP contribution in [0.1, 0.15) is 194 Å². The normalized spacial score (nSPS) is 14.4.